The minimum absolute atomic E-state index is 0.0384. The van der Waals surface area contributed by atoms with E-state index >= 15 is 0 Å². The number of hydrogen-bond donors (Lipinski definition) is 0. The maximum absolute atomic E-state index is 6.57. The van der Waals surface area contributed by atoms with Gasteiger partial charge in [-0.05, 0) is 210 Å². The molecule has 5 nitrogen and oxygen atoms in total. The number of benzene rings is 8. The van der Waals surface area contributed by atoms with Crippen molar-refractivity contribution in [1.82, 2.24) is 9.97 Å². The molecule has 8 aromatic carbocycles. The van der Waals surface area contributed by atoms with Crippen LogP contribution in [0.1, 0.15) is 289 Å². The lowest BCUT2D eigenvalue weighted by Gasteiger charge is -2.38. The van der Waals surface area contributed by atoms with Gasteiger partial charge in [0.15, 0.2) is 0 Å². The third-order valence-electron chi connectivity index (χ3n) is 22.3. The summed E-state index contributed by atoms with van der Waals surface area (Å²) in [7, 11) is 4.27. The monoisotopic (exact) mass is 1430 g/mol. The second-order valence-electron chi connectivity index (χ2n) is 37.1. The summed E-state index contributed by atoms with van der Waals surface area (Å²) in [5, 5.41) is 0. The maximum atomic E-state index is 6.57. The average molecular weight is 1430 g/mol. The van der Waals surface area contributed by atoms with Gasteiger partial charge < -0.3 is 14.4 Å². The van der Waals surface area contributed by atoms with Crippen LogP contribution in [0.2, 0.25) is 0 Å². The van der Waals surface area contributed by atoms with Crippen molar-refractivity contribution in [3.8, 4) is 11.5 Å². The third kappa shape index (κ3) is 20.4. The highest BCUT2D eigenvalue weighted by Gasteiger charge is 2.41. The molecule has 0 saturated heterocycles. The summed E-state index contributed by atoms with van der Waals surface area (Å²) in [6, 6.07) is 85.4. The fourth-order valence-electron chi connectivity index (χ4n) is 15.4. The number of ether oxygens (including phenoxy) is 2. The lowest BCUT2D eigenvalue weighted by atomic mass is 9.64. The van der Waals surface area contributed by atoms with Gasteiger partial charge in [-0.1, -0.05) is 339 Å². The van der Waals surface area contributed by atoms with Crippen molar-refractivity contribution >= 4 is 5.69 Å². The second-order valence-corrected chi connectivity index (χ2v) is 37.1. The van der Waals surface area contributed by atoms with Crippen molar-refractivity contribution in [3.05, 3.63) is 325 Å². The number of hydrogen-bond acceptors (Lipinski definition) is 5. The standard InChI is InChI=1S/C102H129N3O2/c1-95(2,3)74-38-50-80(51-39-74)101(81-52-40-75(41-53-81)96(4,5)6,82-54-42-76(43-55-82)97(7,8)9)86-62-66-93(67-63-86)106-70-30-36-89-35-29-34-88(103-89)32-27-25-23-21-22-24-26-28-33-90-72-92(105(19)20)73-91(104-90)37-31-71-107-94-68-64-87(65-69-94)102(83-56-44-77(45-57-83)98(10,11)12,84-58-46-78(47-59-84)99(13,14)15)85-60-48-79(49-61-85)100(16,17)18/h29,34-35,38-69,72-73H,21-28,30-33,36-37,70-71H2,1-20H3. The van der Waals surface area contributed by atoms with Gasteiger partial charge in [0, 0.05) is 42.6 Å². The van der Waals surface area contributed by atoms with Crippen LogP contribution >= 0.6 is 0 Å². The molecule has 0 radical (unpaired) electrons. The highest BCUT2D eigenvalue weighted by Crippen LogP contribution is 2.49. The molecule has 0 fully saturated rings. The largest absolute Gasteiger partial charge is 0.494 e. The molecule has 10 rings (SSSR count). The Balaban J connectivity index is 0.677. The zero-order chi connectivity index (χ0) is 77.0. The first-order valence-corrected chi connectivity index (χ1v) is 40.4. The van der Waals surface area contributed by atoms with E-state index in [4.69, 9.17) is 19.4 Å². The summed E-state index contributed by atoms with van der Waals surface area (Å²) >= 11 is 0. The number of rotatable bonds is 30. The van der Waals surface area contributed by atoms with Crippen molar-refractivity contribution in [2.75, 3.05) is 32.2 Å². The predicted molar refractivity (Wildman–Crippen MR) is 456 cm³/mol. The molecular weight excluding hydrogens is 1300 g/mol. The molecule has 0 aliphatic carbocycles. The molecule has 0 bridgehead atoms. The van der Waals surface area contributed by atoms with Crippen LogP contribution in [-0.2, 0) is 69.0 Å². The third-order valence-corrected chi connectivity index (χ3v) is 22.3. The van der Waals surface area contributed by atoms with E-state index in [-0.39, 0.29) is 32.5 Å². The van der Waals surface area contributed by atoms with Crippen molar-refractivity contribution in [3.63, 3.8) is 0 Å². The van der Waals surface area contributed by atoms with Crippen LogP contribution in [0.15, 0.2) is 224 Å². The molecule has 564 valence electrons. The van der Waals surface area contributed by atoms with Gasteiger partial charge in [0.1, 0.15) is 11.5 Å². The highest BCUT2D eigenvalue weighted by molar-refractivity contribution is 5.64. The fraction of sp³-hybridized carbons (Fsp3) is 0.431. The number of nitrogens with zero attached hydrogens (tertiary/aromatic N) is 3. The molecule has 10 aromatic rings. The van der Waals surface area contributed by atoms with Crippen molar-refractivity contribution < 1.29 is 9.47 Å². The Hall–Kier alpha value is -8.54. The van der Waals surface area contributed by atoms with Crippen molar-refractivity contribution in [2.24, 2.45) is 0 Å². The number of aromatic nitrogens is 2. The number of aryl methyl sites for hydroxylation is 4. The van der Waals surface area contributed by atoms with E-state index < -0.39 is 10.8 Å². The molecule has 2 aromatic heterocycles. The Bertz CT molecular complexity index is 4130. The number of unbranched alkanes of at least 4 members (excludes halogenated alkanes) is 7. The first kappa shape index (κ1) is 81.0. The lowest BCUT2D eigenvalue weighted by Crippen LogP contribution is -2.31. The van der Waals surface area contributed by atoms with E-state index in [0.29, 0.717) is 13.2 Å². The summed E-state index contributed by atoms with van der Waals surface area (Å²) in [6.45, 7) is 42.5. The van der Waals surface area contributed by atoms with Crippen LogP contribution in [0.3, 0.4) is 0 Å². The van der Waals surface area contributed by atoms with Crippen molar-refractivity contribution in [2.45, 2.75) is 258 Å². The first-order chi connectivity index (χ1) is 50.6. The summed E-state index contributed by atoms with van der Waals surface area (Å²) in [6.07, 6.45) is 15.5. The zero-order valence-electron chi connectivity index (χ0n) is 69.3. The Morgan fingerprint density at radius 1 is 0.234 bits per heavy atom. The van der Waals surface area contributed by atoms with Gasteiger partial charge in [-0.25, -0.2) is 0 Å². The quantitative estimate of drug-likeness (QED) is 0.0332. The molecule has 0 aliphatic heterocycles. The number of anilines is 1. The summed E-state index contributed by atoms with van der Waals surface area (Å²) in [5.41, 5.74) is 22.9. The van der Waals surface area contributed by atoms with E-state index in [1.807, 2.05) is 0 Å². The van der Waals surface area contributed by atoms with E-state index in [1.54, 1.807) is 0 Å². The summed E-state index contributed by atoms with van der Waals surface area (Å²) in [4.78, 5) is 12.6. The van der Waals surface area contributed by atoms with Crippen LogP contribution in [0, 0.1) is 0 Å². The van der Waals surface area contributed by atoms with Crippen LogP contribution < -0.4 is 14.4 Å². The van der Waals surface area contributed by atoms with E-state index in [1.165, 1.54) is 140 Å². The molecule has 0 atom stereocenters. The maximum Gasteiger partial charge on any atom is 0.119 e. The summed E-state index contributed by atoms with van der Waals surface area (Å²) < 4.78 is 13.1. The molecule has 0 spiro atoms. The van der Waals surface area contributed by atoms with E-state index in [0.717, 1.165) is 67.8 Å². The van der Waals surface area contributed by atoms with E-state index in [9.17, 15) is 0 Å². The molecule has 0 aliphatic rings. The highest BCUT2D eigenvalue weighted by atomic mass is 16.5. The molecule has 0 N–H and O–H groups in total. The van der Waals surface area contributed by atoms with Crippen LogP contribution in [0.5, 0.6) is 11.5 Å². The van der Waals surface area contributed by atoms with Gasteiger partial charge in [-0.3, -0.25) is 9.97 Å². The first-order valence-electron chi connectivity index (χ1n) is 40.4. The van der Waals surface area contributed by atoms with Crippen molar-refractivity contribution in [1.29, 1.82) is 0 Å². The average Bonchev–Trinajstić information content (AvgIpc) is 0.734. The molecule has 0 saturated carbocycles. The topological polar surface area (TPSA) is 47.5 Å². The van der Waals surface area contributed by atoms with Gasteiger partial charge >= 0.3 is 0 Å². The predicted octanol–water partition coefficient (Wildman–Crippen LogP) is 26.0. The normalized spacial score (nSPS) is 12.7. The summed E-state index contributed by atoms with van der Waals surface area (Å²) in [5.74, 6) is 1.77. The molecular formula is C102H129N3O2. The second kappa shape index (κ2) is 34.4. The Morgan fingerprint density at radius 3 is 0.673 bits per heavy atom. The lowest BCUT2D eigenvalue weighted by molar-refractivity contribution is 0.310. The number of pyridine rings is 2. The Labute approximate surface area is 647 Å². The zero-order valence-corrected chi connectivity index (χ0v) is 69.3. The van der Waals surface area contributed by atoms with Gasteiger partial charge in [0.05, 0.1) is 24.0 Å². The fourth-order valence-corrected chi connectivity index (χ4v) is 15.4. The van der Waals surface area contributed by atoms with Gasteiger partial charge in [-0.2, -0.15) is 0 Å². The van der Waals surface area contributed by atoms with Gasteiger partial charge in [0.2, 0.25) is 0 Å². The van der Waals surface area contributed by atoms with Gasteiger partial charge in [-0.15, -0.1) is 0 Å². The Kier molecular flexibility index (Phi) is 26.0. The molecule has 5 heteroatoms. The molecule has 107 heavy (non-hydrogen) atoms. The SMILES string of the molecule is CN(C)c1cc(CCCCCCCCCCc2cccc(CCCOc3ccc(C(c4ccc(C(C)(C)C)cc4)(c4ccc(C(C)(C)C)cc4)c4ccc(C(C)(C)C)cc4)cc3)n2)nc(CCCOc2ccc(C(c3ccc(C(C)(C)C)cc3)(c3ccc(C(C)(C)C)cc3)c3ccc(C(C)(C)C)cc3)cc2)c1. The molecule has 0 amide bonds. The van der Waals surface area contributed by atoms with Crippen LogP contribution in [-0.4, -0.2) is 37.3 Å². The van der Waals surface area contributed by atoms with Gasteiger partial charge in [0.25, 0.3) is 0 Å². The van der Waals surface area contributed by atoms with Crippen LogP contribution in [0.4, 0.5) is 5.69 Å². The minimum Gasteiger partial charge on any atom is -0.494 e. The minimum atomic E-state index is -0.572. The smallest absolute Gasteiger partial charge is 0.119 e. The molecule has 0 unspecified atom stereocenters. The Morgan fingerprint density at radius 2 is 0.430 bits per heavy atom. The van der Waals surface area contributed by atoms with Crippen LogP contribution in [0.25, 0.3) is 0 Å². The molecule has 2 heterocycles. The van der Waals surface area contributed by atoms with E-state index in [2.05, 4.69) is 368 Å².